The predicted octanol–water partition coefficient (Wildman–Crippen LogP) is 3.17. The highest BCUT2D eigenvalue weighted by atomic mass is 32.2. The smallest absolute Gasteiger partial charge is 0.214 e. The highest BCUT2D eigenvalue weighted by molar-refractivity contribution is 7.98. The number of aromatic nitrogens is 4. The maximum Gasteiger partial charge on any atom is 0.214 e. The largest absolute Gasteiger partial charge is 0.496 e. The lowest BCUT2D eigenvalue weighted by molar-refractivity contribution is 0.101. The van der Waals surface area contributed by atoms with E-state index in [2.05, 4.69) is 15.5 Å². The highest BCUT2D eigenvalue weighted by Gasteiger charge is 2.12. The molecule has 0 unspecified atom stereocenters. The summed E-state index contributed by atoms with van der Waals surface area (Å²) in [7, 11) is 1.62. The fourth-order valence-electron chi connectivity index (χ4n) is 2.25. The molecule has 0 aliphatic rings. The number of para-hydroxylation sites is 1. The van der Waals surface area contributed by atoms with Crippen molar-refractivity contribution < 1.29 is 9.53 Å². The molecule has 0 saturated carbocycles. The van der Waals surface area contributed by atoms with Gasteiger partial charge in [0, 0.05) is 16.9 Å². The minimum atomic E-state index is 0.0259. The third kappa shape index (κ3) is 3.46. The molecule has 1 aromatic heterocycles. The molecule has 0 amide bonds. The van der Waals surface area contributed by atoms with Crippen LogP contribution in [0.25, 0.3) is 5.69 Å². The van der Waals surface area contributed by atoms with E-state index in [-0.39, 0.29) is 5.78 Å². The molecule has 0 bridgehead atoms. The van der Waals surface area contributed by atoms with Gasteiger partial charge in [-0.1, -0.05) is 30.0 Å². The van der Waals surface area contributed by atoms with Crippen LogP contribution in [0.2, 0.25) is 0 Å². The molecule has 0 atom stereocenters. The minimum absolute atomic E-state index is 0.0259. The average Bonchev–Trinajstić information content (AvgIpc) is 3.09. The van der Waals surface area contributed by atoms with Crippen molar-refractivity contribution >= 4 is 17.5 Å². The van der Waals surface area contributed by atoms with Crippen LogP contribution >= 0.6 is 11.8 Å². The number of rotatable bonds is 6. The predicted molar refractivity (Wildman–Crippen MR) is 91.7 cm³/mol. The van der Waals surface area contributed by atoms with E-state index in [1.54, 1.807) is 24.8 Å². The van der Waals surface area contributed by atoms with Crippen molar-refractivity contribution in [2.45, 2.75) is 17.8 Å². The number of carbonyl (C=O) groups is 1. The van der Waals surface area contributed by atoms with Gasteiger partial charge < -0.3 is 4.74 Å². The monoisotopic (exact) mass is 340 g/mol. The van der Waals surface area contributed by atoms with Gasteiger partial charge in [-0.2, -0.15) is 4.68 Å². The van der Waals surface area contributed by atoms with Crippen molar-refractivity contribution in [1.29, 1.82) is 0 Å². The number of carbonyl (C=O) groups excluding carboxylic acids is 1. The van der Waals surface area contributed by atoms with E-state index in [0.717, 1.165) is 17.0 Å². The van der Waals surface area contributed by atoms with Gasteiger partial charge >= 0.3 is 0 Å². The summed E-state index contributed by atoms with van der Waals surface area (Å²) in [6, 6.07) is 15.1. The zero-order valence-corrected chi connectivity index (χ0v) is 14.2. The lowest BCUT2D eigenvalue weighted by atomic mass is 10.1. The highest BCUT2D eigenvalue weighted by Crippen LogP contribution is 2.28. The second kappa shape index (κ2) is 7.27. The number of benzene rings is 2. The molecule has 2 aromatic carbocycles. The number of methoxy groups -OCH3 is 1. The summed E-state index contributed by atoms with van der Waals surface area (Å²) in [5, 5.41) is 12.5. The van der Waals surface area contributed by atoms with Crippen LogP contribution in [-0.2, 0) is 5.75 Å². The Morgan fingerprint density at radius 3 is 2.71 bits per heavy atom. The van der Waals surface area contributed by atoms with E-state index in [1.807, 2.05) is 42.5 Å². The molecule has 3 rings (SSSR count). The summed E-state index contributed by atoms with van der Waals surface area (Å²) >= 11 is 1.49. The summed E-state index contributed by atoms with van der Waals surface area (Å²) in [6.07, 6.45) is 0. The molecular formula is C17H16N4O2S. The van der Waals surface area contributed by atoms with Gasteiger partial charge in [-0.05, 0) is 47.7 Å². The van der Waals surface area contributed by atoms with Crippen LogP contribution in [0.4, 0.5) is 0 Å². The van der Waals surface area contributed by atoms with E-state index in [0.29, 0.717) is 16.5 Å². The first-order valence-corrected chi connectivity index (χ1v) is 8.32. The molecule has 0 N–H and O–H groups in total. The zero-order chi connectivity index (χ0) is 16.9. The van der Waals surface area contributed by atoms with Gasteiger partial charge in [0.15, 0.2) is 5.78 Å². The molecule has 3 aromatic rings. The molecule has 7 heteroatoms. The molecule has 1 heterocycles. The van der Waals surface area contributed by atoms with E-state index in [9.17, 15) is 4.79 Å². The third-order valence-corrected chi connectivity index (χ3v) is 4.45. The van der Waals surface area contributed by atoms with Crippen molar-refractivity contribution in [3.63, 3.8) is 0 Å². The Bertz CT molecular complexity index is 849. The molecule has 0 fully saturated rings. The summed E-state index contributed by atoms with van der Waals surface area (Å²) < 4.78 is 7.07. The van der Waals surface area contributed by atoms with Crippen LogP contribution in [0.15, 0.2) is 53.7 Å². The number of hydrogen-bond donors (Lipinski definition) is 0. The van der Waals surface area contributed by atoms with Gasteiger partial charge in [0.1, 0.15) is 5.75 Å². The van der Waals surface area contributed by atoms with E-state index in [1.165, 1.54) is 11.8 Å². The fourth-order valence-corrected chi connectivity index (χ4v) is 3.12. The van der Waals surface area contributed by atoms with Gasteiger partial charge in [-0.25, -0.2) is 0 Å². The maximum absolute atomic E-state index is 11.6. The number of ether oxygens (including phenoxy) is 1. The van der Waals surface area contributed by atoms with Gasteiger partial charge in [0.2, 0.25) is 5.16 Å². The first-order valence-electron chi connectivity index (χ1n) is 7.33. The number of hydrogen-bond acceptors (Lipinski definition) is 6. The van der Waals surface area contributed by atoms with Gasteiger partial charge in [0.05, 0.1) is 12.8 Å². The van der Waals surface area contributed by atoms with E-state index in [4.69, 9.17) is 4.74 Å². The summed E-state index contributed by atoms with van der Waals surface area (Å²) in [5.41, 5.74) is 2.49. The van der Waals surface area contributed by atoms with Crippen LogP contribution in [0, 0.1) is 0 Å². The Morgan fingerprint density at radius 2 is 2.00 bits per heavy atom. The summed E-state index contributed by atoms with van der Waals surface area (Å²) in [4.78, 5) is 11.6. The van der Waals surface area contributed by atoms with Crippen LogP contribution in [-0.4, -0.2) is 33.1 Å². The molecule has 24 heavy (non-hydrogen) atoms. The topological polar surface area (TPSA) is 69.9 Å². The molecule has 0 saturated heterocycles. The second-order valence-electron chi connectivity index (χ2n) is 5.08. The number of tetrazole rings is 1. The van der Waals surface area contributed by atoms with Crippen LogP contribution in [0.3, 0.4) is 0 Å². The van der Waals surface area contributed by atoms with Gasteiger partial charge in [-0.15, -0.1) is 5.10 Å². The lowest BCUT2D eigenvalue weighted by Gasteiger charge is -2.09. The standard InChI is InChI=1S/C17H16N4O2S/c1-12(22)13-8-9-16(23-2)14(10-13)11-24-17-18-19-20-21(17)15-6-4-3-5-7-15/h3-10H,11H2,1-2H3. The Balaban J connectivity index is 1.83. The van der Waals surface area contributed by atoms with Crippen molar-refractivity contribution in [2.75, 3.05) is 7.11 Å². The number of nitrogens with zero attached hydrogens (tertiary/aromatic N) is 4. The molecule has 0 spiro atoms. The Morgan fingerprint density at radius 1 is 1.21 bits per heavy atom. The molecule has 6 nitrogen and oxygen atoms in total. The summed E-state index contributed by atoms with van der Waals surface area (Å²) in [5.74, 6) is 1.36. The molecular weight excluding hydrogens is 324 g/mol. The van der Waals surface area contributed by atoms with Crippen molar-refractivity contribution in [3.05, 3.63) is 59.7 Å². The number of thioether (sulfide) groups is 1. The second-order valence-corrected chi connectivity index (χ2v) is 6.02. The van der Waals surface area contributed by atoms with Gasteiger partial charge in [-0.3, -0.25) is 4.79 Å². The Labute approximate surface area is 143 Å². The van der Waals surface area contributed by atoms with Crippen molar-refractivity contribution in [3.8, 4) is 11.4 Å². The molecule has 0 radical (unpaired) electrons. The fraction of sp³-hybridized carbons (Fsp3) is 0.176. The third-order valence-electron chi connectivity index (χ3n) is 3.49. The first-order chi connectivity index (χ1) is 11.7. The molecule has 0 aliphatic heterocycles. The van der Waals surface area contributed by atoms with Gasteiger partial charge in [0.25, 0.3) is 0 Å². The van der Waals surface area contributed by atoms with Crippen LogP contribution < -0.4 is 4.74 Å². The first kappa shape index (κ1) is 16.2. The van der Waals surface area contributed by atoms with Crippen molar-refractivity contribution in [2.24, 2.45) is 0 Å². The SMILES string of the molecule is COc1ccc(C(C)=O)cc1CSc1nnnn1-c1ccccc1. The lowest BCUT2D eigenvalue weighted by Crippen LogP contribution is -2.00. The van der Waals surface area contributed by atoms with E-state index >= 15 is 0 Å². The Hall–Kier alpha value is -2.67. The number of ketones is 1. The van der Waals surface area contributed by atoms with E-state index < -0.39 is 0 Å². The Kier molecular flexibility index (Phi) is 4.90. The quantitative estimate of drug-likeness (QED) is 0.507. The minimum Gasteiger partial charge on any atom is -0.496 e. The number of Topliss-reactive ketones (excluding diaryl/α,β-unsaturated/α-hetero) is 1. The average molecular weight is 340 g/mol. The molecule has 0 aliphatic carbocycles. The van der Waals surface area contributed by atoms with Crippen LogP contribution in [0.5, 0.6) is 5.75 Å². The summed E-state index contributed by atoms with van der Waals surface area (Å²) in [6.45, 7) is 1.55. The normalized spacial score (nSPS) is 10.6. The zero-order valence-electron chi connectivity index (χ0n) is 13.3. The molecule has 122 valence electrons. The van der Waals surface area contributed by atoms with Crippen molar-refractivity contribution in [1.82, 2.24) is 20.2 Å². The van der Waals surface area contributed by atoms with Crippen LogP contribution in [0.1, 0.15) is 22.8 Å². The maximum atomic E-state index is 11.6.